The molecule has 0 saturated carbocycles. The number of nitrogens with one attached hydrogen (secondary N) is 2. The fraction of sp³-hybridized carbons (Fsp3) is 0.0625. The molecule has 5 nitrogen and oxygen atoms in total. The first-order valence-corrected chi connectivity index (χ1v) is 7.87. The molecule has 0 aliphatic heterocycles. The average molecular weight is 383 g/mol. The molecule has 0 fully saturated rings. The van der Waals surface area contributed by atoms with Crippen molar-refractivity contribution in [1.29, 1.82) is 0 Å². The molecule has 24 heavy (non-hydrogen) atoms. The highest BCUT2D eigenvalue weighted by Gasteiger charge is 2.15. The fourth-order valence-electron chi connectivity index (χ4n) is 1.86. The largest absolute Gasteiger partial charge is 0.426 e. The number of carbonyl (C=O) groups excluding carboxylic acids is 2. The first kappa shape index (κ1) is 18.2. The maximum atomic E-state index is 12.3. The summed E-state index contributed by atoms with van der Waals surface area (Å²) in [5, 5.41) is 6.22. The van der Waals surface area contributed by atoms with Gasteiger partial charge in [-0.05, 0) is 42.5 Å². The quantitative estimate of drug-likeness (QED) is 0.476. The third kappa shape index (κ3) is 5.19. The second kappa shape index (κ2) is 8.10. The maximum absolute atomic E-state index is 12.3. The normalized spacial score (nSPS) is 9.96. The Hall–Kier alpha value is -2.15. The van der Waals surface area contributed by atoms with E-state index in [-0.39, 0.29) is 16.4 Å². The molecule has 0 radical (unpaired) electrons. The number of esters is 1. The lowest BCUT2D eigenvalue weighted by Crippen LogP contribution is -2.34. The van der Waals surface area contributed by atoms with E-state index < -0.39 is 11.9 Å². The second-order valence-electron chi connectivity index (χ2n) is 4.66. The average Bonchev–Trinajstić information content (AvgIpc) is 2.45. The van der Waals surface area contributed by atoms with Gasteiger partial charge in [-0.3, -0.25) is 14.9 Å². The van der Waals surface area contributed by atoms with Gasteiger partial charge in [0.2, 0.25) is 0 Å². The van der Waals surface area contributed by atoms with E-state index in [0.717, 1.165) is 0 Å². The van der Waals surface area contributed by atoms with Crippen LogP contribution in [0.3, 0.4) is 0 Å². The number of halogens is 2. The molecule has 0 saturated heterocycles. The lowest BCUT2D eigenvalue weighted by atomic mass is 10.2. The molecule has 0 aromatic heterocycles. The van der Waals surface area contributed by atoms with Crippen LogP contribution in [-0.2, 0) is 4.79 Å². The maximum Gasteiger partial charge on any atom is 0.308 e. The van der Waals surface area contributed by atoms with Gasteiger partial charge in [0.1, 0.15) is 5.75 Å². The standard InChI is InChI=1S/C16H12Cl2N2O3S/c1-9(21)23-14-5-3-2-4-13(14)15(22)20-16(24)19-12-7-10(17)6-11(18)8-12/h2-8H,1H3,(H2,19,20,22,24). The van der Waals surface area contributed by atoms with Crippen molar-refractivity contribution in [3.8, 4) is 5.75 Å². The van der Waals surface area contributed by atoms with E-state index in [1.165, 1.54) is 19.1 Å². The number of amides is 1. The van der Waals surface area contributed by atoms with E-state index in [1.807, 2.05) is 0 Å². The molecule has 0 atom stereocenters. The molecule has 8 heteroatoms. The van der Waals surface area contributed by atoms with Crippen molar-refractivity contribution in [3.05, 3.63) is 58.1 Å². The molecule has 2 rings (SSSR count). The molecule has 0 aliphatic carbocycles. The van der Waals surface area contributed by atoms with Gasteiger partial charge < -0.3 is 10.1 Å². The van der Waals surface area contributed by atoms with Crippen molar-refractivity contribution in [2.75, 3.05) is 5.32 Å². The first-order valence-electron chi connectivity index (χ1n) is 6.71. The second-order valence-corrected chi connectivity index (χ2v) is 5.94. The van der Waals surface area contributed by atoms with Gasteiger partial charge in [0, 0.05) is 22.7 Å². The molecule has 2 aromatic carbocycles. The summed E-state index contributed by atoms with van der Waals surface area (Å²) in [6, 6.07) is 11.1. The Balaban J connectivity index is 2.09. The molecule has 124 valence electrons. The molecular weight excluding hydrogens is 371 g/mol. The van der Waals surface area contributed by atoms with Crippen molar-refractivity contribution < 1.29 is 14.3 Å². The highest BCUT2D eigenvalue weighted by Crippen LogP contribution is 2.22. The van der Waals surface area contributed by atoms with Gasteiger partial charge in [-0.25, -0.2) is 0 Å². The number of ether oxygens (including phenoxy) is 1. The zero-order valence-electron chi connectivity index (χ0n) is 12.4. The predicted molar refractivity (Wildman–Crippen MR) is 97.9 cm³/mol. The van der Waals surface area contributed by atoms with Gasteiger partial charge in [0.25, 0.3) is 5.91 Å². The smallest absolute Gasteiger partial charge is 0.308 e. The van der Waals surface area contributed by atoms with Crippen LogP contribution in [0.2, 0.25) is 10.0 Å². The number of anilines is 1. The van der Waals surface area contributed by atoms with Crippen LogP contribution in [0.15, 0.2) is 42.5 Å². The minimum Gasteiger partial charge on any atom is -0.426 e. The monoisotopic (exact) mass is 382 g/mol. The number of thiocarbonyl (C=S) groups is 1. The van der Waals surface area contributed by atoms with Crippen molar-refractivity contribution in [2.45, 2.75) is 6.92 Å². The summed E-state index contributed by atoms with van der Waals surface area (Å²) in [5.41, 5.74) is 0.715. The molecule has 0 spiro atoms. The zero-order valence-corrected chi connectivity index (χ0v) is 14.8. The van der Waals surface area contributed by atoms with E-state index in [2.05, 4.69) is 10.6 Å². The van der Waals surface area contributed by atoms with Gasteiger partial charge in [-0.2, -0.15) is 0 Å². The van der Waals surface area contributed by atoms with Gasteiger partial charge in [-0.15, -0.1) is 0 Å². The van der Waals surface area contributed by atoms with E-state index >= 15 is 0 Å². The predicted octanol–water partition coefficient (Wildman–Crippen LogP) is 4.05. The van der Waals surface area contributed by atoms with E-state index in [0.29, 0.717) is 15.7 Å². The van der Waals surface area contributed by atoms with Crippen molar-refractivity contribution >= 4 is 58.1 Å². The van der Waals surface area contributed by atoms with Crippen LogP contribution in [-0.4, -0.2) is 17.0 Å². The minimum absolute atomic E-state index is 0.0518. The lowest BCUT2D eigenvalue weighted by Gasteiger charge is -2.12. The molecular formula is C16H12Cl2N2O3S. The summed E-state index contributed by atoms with van der Waals surface area (Å²) >= 11 is 16.9. The first-order chi connectivity index (χ1) is 11.3. The molecule has 2 aromatic rings. The number of hydrogen-bond acceptors (Lipinski definition) is 4. The Bertz CT molecular complexity index is 791. The van der Waals surface area contributed by atoms with Crippen LogP contribution < -0.4 is 15.4 Å². The van der Waals surface area contributed by atoms with Crippen LogP contribution in [0.5, 0.6) is 5.75 Å². The van der Waals surface area contributed by atoms with Crippen LogP contribution in [0.25, 0.3) is 0 Å². The van der Waals surface area contributed by atoms with Crippen molar-refractivity contribution in [3.63, 3.8) is 0 Å². The van der Waals surface area contributed by atoms with Crippen LogP contribution in [0, 0.1) is 0 Å². The highest BCUT2D eigenvalue weighted by atomic mass is 35.5. The summed E-state index contributed by atoms with van der Waals surface area (Å²) in [5.74, 6) is -0.891. The highest BCUT2D eigenvalue weighted by molar-refractivity contribution is 7.80. The Morgan fingerprint density at radius 3 is 2.33 bits per heavy atom. The van der Waals surface area contributed by atoms with E-state index in [4.69, 9.17) is 40.2 Å². The molecule has 0 heterocycles. The fourth-order valence-corrected chi connectivity index (χ4v) is 2.59. The third-order valence-corrected chi connectivity index (χ3v) is 3.37. The number of hydrogen-bond donors (Lipinski definition) is 2. The van der Waals surface area contributed by atoms with Gasteiger partial charge in [0.05, 0.1) is 5.56 Å². The topological polar surface area (TPSA) is 67.4 Å². The minimum atomic E-state index is -0.524. The summed E-state index contributed by atoms with van der Waals surface area (Å²) in [4.78, 5) is 23.4. The summed E-state index contributed by atoms with van der Waals surface area (Å²) < 4.78 is 5.00. The van der Waals surface area contributed by atoms with Crippen LogP contribution in [0.1, 0.15) is 17.3 Å². The van der Waals surface area contributed by atoms with Gasteiger partial charge in [0.15, 0.2) is 5.11 Å². The molecule has 0 unspecified atom stereocenters. The third-order valence-electron chi connectivity index (χ3n) is 2.73. The van der Waals surface area contributed by atoms with Crippen LogP contribution >= 0.6 is 35.4 Å². The number of para-hydroxylation sites is 1. The number of benzene rings is 2. The van der Waals surface area contributed by atoms with Gasteiger partial charge >= 0.3 is 5.97 Å². The Morgan fingerprint density at radius 2 is 1.71 bits per heavy atom. The molecule has 2 N–H and O–H groups in total. The zero-order chi connectivity index (χ0) is 17.7. The van der Waals surface area contributed by atoms with Crippen molar-refractivity contribution in [1.82, 2.24) is 5.32 Å². The number of rotatable bonds is 3. The Morgan fingerprint density at radius 1 is 1.08 bits per heavy atom. The Labute approximate surface area is 153 Å². The Kier molecular flexibility index (Phi) is 6.14. The summed E-state index contributed by atoms with van der Waals surface area (Å²) in [6.45, 7) is 1.25. The van der Waals surface area contributed by atoms with E-state index in [9.17, 15) is 9.59 Å². The molecule has 1 amide bonds. The number of carbonyl (C=O) groups is 2. The SMILES string of the molecule is CC(=O)Oc1ccccc1C(=O)NC(=S)Nc1cc(Cl)cc(Cl)c1. The van der Waals surface area contributed by atoms with Crippen LogP contribution in [0.4, 0.5) is 5.69 Å². The summed E-state index contributed by atoms with van der Waals surface area (Å²) in [6.07, 6.45) is 0. The lowest BCUT2D eigenvalue weighted by molar-refractivity contribution is -0.131. The molecule has 0 aliphatic rings. The van der Waals surface area contributed by atoms with Crippen molar-refractivity contribution in [2.24, 2.45) is 0 Å². The van der Waals surface area contributed by atoms with E-state index in [1.54, 1.807) is 30.3 Å². The molecule has 0 bridgehead atoms. The summed E-state index contributed by atoms with van der Waals surface area (Å²) in [7, 11) is 0. The van der Waals surface area contributed by atoms with Gasteiger partial charge in [-0.1, -0.05) is 35.3 Å².